The van der Waals surface area contributed by atoms with E-state index < -0.39 is 23.5 Å². The fourth-order valence-electron chi connectivity index (χ4n) is 4.11. The highest BCUT2D eigenvalue weighted by Crippen LogP contribution is 2.45. The van der Waals surface area contributed by atoms with Crippen molar-refractivity contribution in [1.82, 2.24) is 0 Å². The first-order chi connectivity index (χ1) is 17.3. The number of carbonyl (C=O) groups is 2. The molecule has 2 N–H and O–H groups in total. The molecule has 0 aliphatic carbocycles. The molecule has 1 unspecified atom stereocenters. The molecule has 0 aromatic heterocycles. The van der Waals surface area contributed by atoms with Crippen LogP contribution in [-0.4, -0.2) is 35.1 Å². The van der Waals surface area contributed by atoms with Gasteiger partial charge in [-0.05, 0) is 61.9 Å². The van der Waals surface area contributed by atoms with Gasteiger partial charge in [0.15, 0.2) is 0 Å². The molecule has 1 amide bonds. The molecule has 1 heterocycles. The number of rotatable bonds is 7. The van der Waals surface area contributed by atoms with E-state index in [-0.39, 0.29) is 27.7 Å². The molecule has 186 valence electrons. The number of amides is 1. The maximum Gasteiger partial charge on any atom is 0.300 e. The summed E-state index contributed by atoms with van der Waals surface area (Å²) in [6.45, 7) is 4.36. The van der Waals surface area contributed by atoms with Gasteiger partial charge < -0.3 is 19.7 Å². The molecule has 0 bridgehead atoms. The lowest BCUT2D eigenvalue weighted by molar-refractivity contribution is -0.132. The van der Waals surface area contributed by atoms with Gasteiger partial charge >= 0.3 is 0 Å². The summed E-state index contributed by atoms with van der Waals surface area (Å²) >= 11 is 12.3. The quantitative estimate of drug-likeness (QED) is 0.218. The van der Waals surface area contributed by atoms with Crippen LogP contribution < -0.4 is 14.4 Å². The Kier molecular flexibility index (Phi) is 7.43. The van der Waals surface area contributed by atoms with Gasteiger partial charge in [-0.15, -0.1) is 0 Å². The Bertz CT molecular complexity index is 1370. The smallest absolute Gasteiger partial charge is 0.300 e. The summed E-state index contributed by atoms with van der Waals surface area (Å²) < 4.78 is 11.2. The van der Waals surface area contributed by atoms with Crippen LogP contribution in [0.15, 0.2) is 66.2 Å². The third-order valence-corrected chi connectivity index (χ3v) is 6.18. The number of Topliss-reactive ketones (excluding diaryl/α,β-unsaturated/α-hetero) is 1. The highest BCUT2D eigenvalue weighted by Gasteiger charge is 2.47. The number of benzene rings is 3. The van der Waals surface area contributed by atoms with E-state index in [4.69, 9.17) is 32.7 Å². The molecule has 0 radical (unpaired) electrons. The van der Waals surface area contributed by atoms with Crippen molar-refractivity contribution in [2.45, 2.75) is 19.9 Å². The number of anilines is 1. The molecular weight excluding hydrogens is 505 g/mol. The van der Waals surface area contributed by atoms with Crippen LogP contribution in [0.1, 0.15) is 31.0 Å². The second-order valence-corrected chi connectivity index (χ2v) is 8.73. The molecule has 0 saturated carbocycles. The number of ether oxygens (including phenoxy) is 2. The van der Waals surface area contributed by atoms with Gasteiger partial charge in [-0.1, -0.05) is 35.3 Å². The number of aliphatic hydroxyl groups excluding tert-OH is 1. The molecule has 7 nitrogen and oxygen atoms in total. The van der Waals surface area contributed by atoms with Crippen LogP contribution in [0.4, 0.5) is 5.69 Å². The number of ketones is 1. The fraction of sp³-hybridized carbons (Fsp3) is 0.185. The highest BCUT2D eigenvalue weighted by molar-refractivity contribution is 6.52. The van der Waals surface area contributed by atoms with E-state index >= 15 is 0 Å². The molecule has 1 aliphatic heterocycles. The molecule has 3 aromatic carbocycles. The van der Waals surface area contributed by atoms with Gasteiger partial charge in [0.2, 0.25) is 0 Å². The SMILES string of the molecule is CCOc1ccc(/C(O)=C2/C(=O)C(=O)N(c3cccc(Cl)c3)C2c2ccc(O)c(Cl)c2)c(OCC)c1. The van der Waals surface area contributed by atoms with E-state index in [1.807, 2.05) is 6.92 Å². The molecule has 4 rings (SSSR count). The van der Waals surface area contributed by atoms with Crippen LogP contribution in [0.3, 0.4) is 0 Å². The number of hydrogen-bond acceptors (Lipinski definition) is 6. The van der Waals surface area contributed by atoms with Crippen molar-refractivity contribution in [3.63, 3.8) is 0 Å². The monoisotopic (exact) mass is 527 g/mol. The average Bonchev–Trinajstić information content (AvgIpc) is 3.11. The Hall–Kier alpha value is -3.68. The molecule has 0 spiro atoms. The Balaban J connectivity index is 1.97. The summed E-state index contributed by atoms with van der Waals surface area (Å²) in [5.41, 5.74) is 0.822. The molecule has 9 heteroatoms. The van der Waals surface area contributed by atoms with Crippen molar-refractivity contribution < 1.29 is 29.3 Å². The zero-order valence-corrected chi connectivity index (χ0v) is 21.0. The minimum Gasteiger partial charge on any atom is -0.507 e. The molecule has 3 aromatic rings. The predicted molar refractivity (Wildman–Crippen MR) is 138 cm³/mol. The van der Waals surface area contributed by atoms with E-state index in [2.05, 4.69) is 0 Å². The molecular formula is C27H23Cl2NO6. The Labute approximate surface area is 218 Å². The summed E-state index contributed by atoms with van der Waals surface area (Å²) in [6, 6.07) is 14.6. The lowest BCUT2D eigenvalue weighted by Gasteiger charge is -2.26. The van der Waals surface area contributed by atoms with Crippen LogP contribution >= 0.6 is 23.2 Å². The topological polar surface area (TPSA) is 96.3 Å². The predicted octanol–water partition coefficient (Wildman–Crippen LogP) is 6.12. The number of phenols is 1. The maximum atomic E-state index is 13.4. The van der Waals surface area contributed by atoms with Crippen LogP contribution in [0, 0.1) is 0 Å². The lowest BCUT2D eigenvalue weighted by atomic mass is 9.94. The van der Waals surface area contributed by atoms with E-state index in [1.165, 1.54) is 23.1 Å². The summed E-state index contributed by atoms with van der Waals surface area (Å²) in [6.07, 6.45) is 0. The van der Waals surface area contributed by atoms with Crippen molar-refractivity contribution in [2.75, 3.05) is 18.1 Å². The van der Waals surface area contributed by atoms with Gasteiger partial charge in [0.05, 0.1) is 35.4 Å². The van der Waals surface area contributed by atoms with Crippen molar-refractivity contribution in [3.8, 4) is 17.2 Å². The van der Waals surface area contributed by atoms with Crippen LogP contribution in [0.25, 0.3) is 5.76 Å². The summed E-state index contributed by atoms with van der Waals surface area (Å²) in [4.78, 5) is 27.9. The van der Waals surface area contributed by atoms with E-state index in [9.17, 15) is 19.8 Å². The van der Waals surface area contributed by atoms with Crippen molar-refractivity contribution >= 4 is 46.3 Å². The third kappa shape index (κ3) is 4.72. The fourth-order valence-corrected chi connectivity index (χ4v) is 4.48. The van der Waals surface area contributed by atoms with Crippen LogP contribution in [0.5, 0.6) is 17.2 Å². The summed E-state index contributed by atoms with van der Waals surface area (Å²) in [5.74, 6) is -1.50. The first-order valence-electron chi connectivity index (χ1n) is 11.2. The van der Waals surface area contributed by atoms with Crippen LogP contribution in [-0.2, 0) is 9.59 Å². The number of aromatic hydroxyl groups is 1. The Morgan fingerprint density at radius 1 is 0.972 bits per heavy atom. The normalized spacial score (nSPS) is 16.9. The summed E-state index contributed by atoms with van der Waals surface area (Å²) in [7, 11) is 0. The highest BCUT2D eigenvalue weighted by atomic mass is 35.5. The van der Waals surface area contributed by atoms with E-state index in [1.54, 1.807) is 49.4 Å². The Morgan fingerprint density at radius 3 is 2.39 bits per heavy atom. The largest absolute Gasteiger partial charge is 0.507 e. The number of carbonyl (C=O) groups excluding carboxylic acids is 2. The molecule has 1 fully saturated rings. The lowest BCUT2D eigenvalue weighted by Crippen LogP contribution is -2.29. The number of aliphatic hydroxyl groups is 1. The zero-order chi connectivity index (χ0) is 26.0. The van der Waals surface area contributed by atoms with Crippen LogP contribution in [0.2, 0.25) is 10.0 Å². The van der Waals surface area contributed by atoms with Gasteiger partial charge in [0.25, 0.3) is 11.7 Å². The molecule has 36 heavy (non-hydrogen) atoms. The van der Waals surface area contributed by atoms with Gasteiger partial charge in [0.1, 0.15) is 23.0 Å². The number of nitrogens with zero attached hydrogens (tertiary/aromatic N) is 1. The minimum atomic E-state index is -1.05. The molecule has 1 aliphatic rings. The second kappa shape index (κ2) is 10.5. The maximum absolute atomic E-state index is 13.4. The minimum absolute atomic E-state index is 0.0280. The van der Waals surface area contributed by atoms with Crippen molar-refractivity contribution in [2.24, 2.45) is 0 Å². The van der Waals surface area contributed by atoms with E-state index in [0.717, 1.165) is 0 Å². The molecule has 1 saturated heterocycles. The van der Waals surface area contributed by atoms with Crippen molar-refractivity contribution in [1.29, 1.82) is 0 Å². The standard InChI is InChI=1S/C27H23Cl2NO6/c1-3-35-18-9-10-19(22(14-18)36-4-2)25(32)23-24(15-8-11-21(31)20(29)12-15)30(27(34)26(23)33)17-7-5-6-16(28)13-17/h5-14,24,31-32H,3-4H2,1-2H3/b25-23-. The average molecular weight is 528 g/mol. The number of halogens is 2. The first kappa shape index (κ1) is 25.4. The third-order valence-electron chi connectivity index (χ3n) is 5.64. The Morgan fingerprint density at radius 2 is 1.72 bits per heavy atom. The number of hydrogen-bond donors (Lipinski definition) is 2. The van der Waals surface area contributed by atoms with E-state index in [0.29, 0.717) is 35.2 Å². The summed E-state index contributed by atoms with van der Waals surface area (Å²) in [5, 5.41) is 21.8. The second-order valence-electron chi connectivity index (χ2n) is 7.88. The number of phenolic OH excluding ortho intramolecular Hbond substituents is 1. The van der Waals surface area contributed by atoms with Gasteiger partial charge in [-0.3, -0.25) is 14.5 Å². The van der Waals surface area contributed by atoms with Gasteiger partial charge in [-0.2, -0.15) is 0 Å². The van der Waals surface area contributed by atoms with Gasteiger partial charge in [0, 0.05) is 16.8 Å². The molecule has 1 atom stereocenters. The van der Waals surface area contributed by atoms with Crippen molar-refractivity contribution in [3.05, 3.63) is 87.4 Å². The first-order valence-corrected chi connectivity index (χ1v) is 12.0. The zero-order valence-electron chi connectivity index (χ0n) is 19.5. The van der Waals surface area contributed by atoms with Gasteiger partial charge in [-0.25, -0.2) is 0 Å².